The lowest BCUT2D eigenvalue weighted by Crippen LogP contribution is -2.26. The molecule has 0 heterocycles. The first-order valence-electron chi connectivity index (χ1n) is 7.05. The number of hydrogen-bond acceptors (Lipinski definition) is 6. The zero-order valence-corrected chi connectivity index (χ0v) is 15.2. The van der Waals surface area contributed by atoms with Crippen LogP contribution in [0.4, 0.5) is 11.4 Å². The maximum atomic E-state index is 12.4. The van der Waals surface area contributed by atoms with Gasteiger partial charge >= 0.3 is 0 Å². The van der Waals surface area contributed by atoms with Crippen LogP contribution in [-0.2, 0) is 14.9 Å². The van der Waals surface area contributed by atoms with Crippen LogP contribution >= 0.6 is 11.6 Å². The van der Waals surface area contributed by atoms with Gasteiger partial charge in [-0.3, -0.25) is 19.7 Å². The lowest BCUT2D eigenvalue weighted by atomic mass is 10.2. The van der Waals surface area contributed by atoms with Crippen LogP contribution in [0.15, 0.2) is 47.4 Å². The van der Waals surface area contributed by atoms with Gasteiger partial charge in [-0.05, 0) is 24.3 Å². The van der Waals surface area contributed by atoms with Gasteiger partial charge in [0.1, 0.15) is 4.90 Å². The van der Waals surface area contributed by atoms with E-state index < -0.39 is 20.9 Å². The van der Waals surface area contributed by atoms with Gasteiger partial charge < -0.3 is 5.32 Å². The second-order valence-electron chi connectivity index (χ2n) is 5.00. The summed E-state index contributed by atoms with van der Waals surface area (Å²) in [5, 5.41) is 13.2. The van der Waals surface area contributed by atoms with Gasteiger partial charge in [0.2, 0.25) is 0 Å². The highest BCUT2D eigenvalue weighted by Gasteiger charge is 2.25. The fourth-order valence-electron chi connectivity index (χ4n) is 1.98. The quantitative estimate of drug-likeness (QED) is 0.589. The van der Waals surface area contributed by atoms with Gasteiger partial charge in [0.05, 0.1) is 17.1 Å². The summed E-state index contributed by atoms with van der Waals surface area (Å²) in [5.41, 5.74) is 0.00504. The third-order valence-corrected chi connectivity index (χ3v) is 5.54. The molecule has 0 unspecified atom stereocenters. The van der Waals surface area contributed by atoms with E-state index in [0.717, 1.165) is 6.07 Å². The van der Waals surface area contributed by atoms with Crippen molar-refractivity contribution < 1.29 is 23.0 Å². The topological polar surface area (TPSA) is 119 Å². The minimum absolute atomic E-state index is 0.00369. The van der Waals surface area contributed by atoms with E-state index in [1.54, 1.807) is 0 Å². The standard InChI is InChI=1S/C15H14ClN3O6S/c1-18(25-2)26(23,24)14-8-10(6-7-13(14)16)15(20)17-11-4-3-5-12(9-11)19(21)22/h3-9H,1-2H3,(H,17,20). The summed E-state index contributed by atoms with van der Waals surface area (Å²) in [5.74, 6) is -0.654. The van der Waals surface area contributed by atoms with Crippen molar-refractivity contribution in [2.75, 3.05) is 19.5 Å². The van der Waals surface area contributed by atoms with Crippen LogP contribution in [0.1, 0.15) is 10.4 Å². The number of anilines is 1. The van der Waals surface area contributed by atoms with Gasteiger partial charge in [-0.25, -0.2) is 8.42 Å². The van der Waals surface area contributed by atoms with Crippen molar-refractivity contribution in [1.82, 2.24) is 4.47 Å². The first-order chi connectivity index (χ1) is 12.2. The molecule has 1 N–H and O–H groups in total. The summed E-state index contributed by atoms with van der Waals surface area (Å²) in [6, 6.07) is 9.05. The molecule has 2 rings (SSSR count). The highest BCUT2D eigenvalue weighted by molar-refractivity contribution is 7.89. The number of non-ortho nitro benzene ring substituents is 1. The monoisotopic (exact) mass is 399 g/mol. The van der Waals surface area contributed by atoms with Gasteiger partial charge in [-0.15, -0.1) is 0 Å². The Bertz CT molecular complexity index is 964. The summed E-state index contributed by atoms with van der Waals surface area (Å²) < 4.78 is 25.3. The van der Waals surface area contributed by atoms with E-state index in [4.69, 9.17) is 11.6 Å². The van der Waals surface area contributed by atoms with Crippen molar-refractivity contribution in [2.24, 2.45) is 0 Å². The molecule has 0 saturated heterocycles. The molecule has 0 aliphatic heterocycles. The number of rotatable bonds is 6. The molecule has 0 bridgehead atoms. The number of nitrogens with zero attached hydrogens (tertiary/aromatic N) is 2. The predicted octanol–water partition coefficient (Wildman–Crippen LogP) is 2.68. The minimum Gasteiger partial charge on any atom is -0.322 e. The van der Waals surface area contributed by atoms with Crippen molar-refractivity contribution in [3.05, 3.63) is 63.2 Å². The van der Waals surface area contributed by atoms with Gasteiger partial charge in [0.25, 0.3) is 21.6 Å². The molecule has 2 aromatic carbocycles. The SMILES string of the molecule is CON(C)S(=O)(=O)c1cc(C(=O)Nc2cccc([N+](=O)[O-])c2)ccc1Cl. The van der Waals surface area contributed by atoms with E-state index in [0.29, 0.717) is 4.47 Å². The minimum atomic E-state index is -4.06. The number of amides is 1. The molecule has 0 saturated carbocycles. The van der Waals surface area contributed by atoms with E-state index in [-0.39, 0.29) is 26.9 Å². The van der Waals surface area contributed by atoms with E-state index in [9.17, 15) is 23.3 Å². The molecule has 9 nitrogen and oxygen atoms in total. The Morgan fingerprint density at radius 2 is 1.96 bits per heavy atom. The third kappa shape index (κ3) is 4.17. The number of nitro benzene ring substituents is 1. The summed E-state index contributed by atoms with van der Waals surface area (Å²) in [7, 11) is -1.70. The summed E-state index contributed by atoms with van der Waals surface area (Å²) >= 11 is 5.93. The molecule has 0 radical (unpaired) electrons. The first-order valence-corrected chi connectivity index (χ1v) is 8.87. The Kier molecular flexibility index (Phi) is 5.93. The Morgan fingerprint density at radius 3 is 2.58 bits per heavy atom. The maximum absolute atomic E-state index is 12.4. The molecule has 138 valence electrons. The van der Waals surface area contributed by atoms with E-state index in [2.05, 4.69) is 10.2 Å². The highest BCUT2D eigenvalue weighted by Crippen LogP contribution is 2.26. The second kappa shape index (κ2) is 7.79. The number of hydroxylamine groups is 1. The Morgan fingerprint density at radius 1 is 1.27 bits per heavy atom. The lowest BCUT2D eigenvalue weighted by Gasteiger charge is -2.15. The molecule has 1 amide bonds. The number of carbonyl (C=O) groups excluding carboxylic acids is 1. The van der Waals surface area contributed by atoms with Gasteiger partial charge in [-0.1, -0.05) is 22.1 Å². The van der Waals surface area contributed by atoms with Crippen molar-refractivity contribution in [3.8, 4) is 0 Å². The molecule has 0 spiro atoms. The molecular weight excluding hydrogens is 386 g/mol. The molecule has 0 aromatic heterocycles. The fraction of sp³-hybridized carbons (Fsp3) is 0.133. The van der Waals surface area contributed by atoms with E-state index in [1.807, 2.05) is 0 Å². The molecule has 26 heavy (non-hydrogen) atoms. The van der Waals surface area contributed by atoms with Crippen LogP contribution < -0.4 is 5.32 Å². The molecule has 0 atom stereocenters. The average molecular weight is 400 g/mol. The smallest absolute Gasteiger partial charge is 0.271 e. The number of benzene rings is 2. The number of nitro groups is 1. The van der Waals surface area contributed by atoms with Gasteiger partial charge in [-0.2, -0.15) is 0 Å². The van der Waals surface area contributed by atoms with Gasteiger partial charge in [0.15, 0.2) is 0 Å². The molecule has 11 heteroatoms. The zero-order chi connectivity index (χ0) is 19.5. The summed E-state index contributed by atoms with van der Waals surface area (Å²) in [4.78, 5) is 26.9. The van der Waals surface area contributed by atoms with Crippen LogP contribution in [0.3, 0.4) is 0 Å². The number of sulfonamides is 1. The Balaban J connectivity index is 2.35. The molecule has 2 aromatic rings. The van der Waals surface area contributed by atoms with Crippen molar-refractivity contribution >= 4 is 38.9 Å². The highest BCUT2D eigenvalue weighted by atomic mass is 35.5. The van der Waals surface area contributed by atoms with Crippen molar-refractivity contribution in [3.63, 3.8) is 0 Å². The van der Waals surface area contributed by atoms with Crippen molar-refractivity contribution in [1.29, 1.82) is 0 Å². The first kappa shape index (κ1) is 19.8. The lowest BCUT2D eigenvalue weighted by molar-refractivity contribution is -0.384. The van der Waals surface area contributed by atoms with Crippen LogP contribution in [-0.4, -0.2) is 37.9 Å². The van der Waals surface area contributed by atoms with Crippen LogP contribution in [0.25, 0.3) is 0 Å². The molecule has 0 fully saturated rings. The van der Waals surface area contributed by atoms with E-state index >= 15 is 0 Å². The molecule has 0 aliphatic rings. The van der Waals surface area contributed by atoms with Crippen LogP contribution in [0.2, 0.25) is 5.02 Å². The number of nitrogens with one attached hydrogen (secondary N) is 1. The largest absolute Gasteiger partial charge is 0.322 e. The van der Waals surface area contributed by atoms with Crippen molar-refractivity contribution in [2.45, 2.75) is 4.90 Å². The average Bonchev–Trinajstić information content (AvgIpc) is 2.61. The number of halogens is 1. The van der Waals surface area contributed by atoms with Gasteiger partial charge in [0, 0.05) is 30.4 Å². The zero-order valence-electron chi connectivity index (χ0n) is 13.7. The number of hydrogen-bond donors (Lipinski definition) is 1. The molecule has 0 aliphatic carbocycles. The second-order valence-corrected chi connectivity index (χ2v) is 7.32. The fourth-order valence-corrected chi connectivity index (χ4v) is 3.45. The Hall–Kier alpha value is -2.53. The summed E-state index contributed by atoms with van der Waals surface area (Å²) in [6.07, 6.45) is 0. The summed E-state index contributed by atoms with van der Waals surface area (Å²) in [6.45, 7) is 0. The normalized spacial score (nSPS) is 11.4. The number of carbonyl (C=O) groups is 1. The Labute approximate surface area is 154 Å². The predicted molar refractivity (Wildman–Crippen MR) is 94.5 cm³/mol. The maximum Gasteiger partial charge on any atom is 0.271 e. The van der Waals surface area contributed by atoms with Crippen LogP contribution in [0.5, 0.6) is 0 Å². The van der Waals surface area contributed by atoms with Crippen LogP contribution in [0, 0.1) is 10.1 Å². The molecular formula is C15H14ClN3O6S. The third-order valence-electron chi connectivity index (χ3n) is 3.38. The van der Waals surface area contributed by atoms with E-state index in [1.165, 1.54) is 50.6 Å².